The van der Waals surface area contributed by atoms with Crippen molar-refractivity contribution in [1.29, 1.82) is 0 Å². The Kier molecular flexibility index (Phi) is 6.34. The van der Waals surface area contributed by atoms with Gasteiger partial charge in [0.25, 0.3) is 0 Å². The van der Waals surface area contributed by atoms with Gasteiger partial charge in [0.15, 0.2) is 11.5 Å². The Morgan fingerprint density at radius 2 is 1.94 bits per heavy atom. The number of methoxy groups -OCH3 is 1. The lowest BCUT2D eigenvalue weighted by atomic mass is 9.76. The van der Waals surface area contributed by atoms with E-state index in [9.17, 15) is 0 Å². The lowest BCUT2D eigenvalue weighted by Crippen LogP contribution is -2.29. The molecule has 0 aromatic heterocycles. The second-order valence-corrected chi connectivity index (χ2v) is 10.3. The van der Waals surface area contributed by atoms with Gasteiger partial charge < -0.3 is 14.8 Å². The number of aryl methyl sites for hydroxylation is 1. The molecule has 0 bridgehead atoms. The summed E-state index contributed by atoms with van der Waals surface area (Å²) in [4.78, 5) is 0. The van der Waals surface area contributed by atoms with E-state index in [4.69, 9.17) is 32.7 Å². The summed E-state index contributed by atoms with van der Waals surface area (Å²) >= 11 is 16.4. The van der Waals surface area contributed by atoms with E-state index in [0.717, 1.165) is 32.6 Å². The average molecular weight is 545 g/mol. The number of nitrogens with one attached hydrogen (secondary N) is 1. The zero-order valence-electron chi connectivity index (χ0n) is 18.4. The van der Waals surface area contributed by atoms with Gasteiger partial charge in [-0.3, -0.25) is 0 Å². The minimum atomic E-state index is 0.139. The fraction of sp³-hybridized carbons (Fsp3) is 0.259. The van der Waals surface area contributed by atoms with E-state index in [1.165, 1.54) is 11.3 Å². The topological polar surface area (TPSA) is 30.5 Å². The number of benzene rings is 3. The highest BCUT2D eigenvalue weighted by atomic mass is 79.9. The van der Waals surface area contributed by atoms with Crippen LogP contribution in [0.3, 0.4) is 0 Å². The number of ether oxygens (including phenoxy) is 2. The van der Waals surface area contributed by atoms with E-state index >= 15 is 0 Å². The van der Waals surface area contributed by atoms with Gasteiger partial charge in [0.1, 0.15) is 6.61 Å². The van der Waals surface area contributed by atoms with E-state index in [0.29, 0.717) is 35.0 Å². The van der Waals surface area contributed by atoms with Crippen LogP contribution in [0, 0.1) is 12.8 Å². The molecule has 5 rings (SSSR count). The number of hydrogen-bond acceptors (Lipinski definition) is 3. The van der Waals surface area contributed by atoms with Gasteiger partial charge in [-0.25, -0.2) is 0 Å². The van der Waals surface area contributed by atoms with Crippen molar-refractivity contribution in [3.8, 4) is 11.5 Å². The Balaban J connectivity index is 1.48. The first-order valence-electron chi connectivity index (χ1n) is 10.9. The zero-order valence-corrected chi connectivity index (χ0v) is 21.5. The summed E-state index contributed by atoms with van der Waals surface area (Å²) in [6, 6.07) is 16.2. The SMILES string of the molecule is COc1cc([C@@H]2Nc3c(C)cc(Cl)cc3[C@@H]3C=CC[C@@H]32)cc(Br)c1OCc1ccccc1Cl. The molecule has 1 N–H and O–H groups in total. The smallest absolute Gasteiger partial charge is 0.175 e. The van der Waals surface area contributed by atoms with Crippen LogP contribution < -0.4 is 14.8 Å². The molecule has 0 amide bonds. The van der Waals surface area contributed by atoms with Crippen molar-refractivity contribution < 1.29 is 9.47 Å². The Morgan fingerprint density at radius 1 is 1.12 bits per heavy atom. The molecule has 3 atom stereocenters. The van der Waals surface area contributed by atoms with Crippen molar-refractivity contribution in [1.82, 2.24) is 0 Å². The summed E-state index contributed by atoms with van der Waals surface area (Å²) in [6.07, 6.45) is 5.61. The largest absolute Gasteiger partial charge is 0.493 e. The number of hydrogen-bond donors (Lipinski definition) is 1. The molecule has 170 valence electrons. The maximum atomic E-state index is 6.39. The molecule has 0 unspecified atom stereocenters. The summed E-state index contributed by atoms with van der Waals surface area (Å²) < 4.78 is 12.7. The van der Waals surface area contributed by atoms with Crippen LogP contribution >= 0.6 is 39.1 Å². The first-order chi connectivity index (χ1) is 16.0. The highest BCUT2D eigenvalue weighted by Crippen LogP contribution is 2.52. The number of fused-ring (bicyclic) bond motifs is 3. The van der Waals surface area contributed by atoms with Crippen LogP contribution in [0.15, 0.2) is 65.2 Å². The van der Waals surface area contributed by atoms with Crippen molar-refractivity contribution >= 4 is 44.8 Å². The molecular weight excluding hydrogens is 521 g/mol. The fourth-order valence-corrected chi connectivity index (χ4v) is 6.04. The van der Waals surface area contributed by atoms with Gasteiger partial charge in [-0.05, 0) is 82.2 Å². The normalized spacial score (nSPS) is 20.7. The number of rotatable bonds is 5. The van der Waals surface area contributed by atoms with Gasteiger partial charge in [-0.1, -0.05) is 53.6 Å². The second kappa shape index (κ2) is 9.25. The molecule has 1 aliphatic heterocycles. The van der Waals surface area contributed by atoms with Crippen LogP contribution in [0.1, 0.15) is 40.6 Å². The Hall–Kier alpha value is -2.14. The first kappa shape index (κ1) is 22.6. The fourth-order valence-electron chi connectivity index (χ4n) is 5.00. The quantitative estimate of drug-likeness (QED) is 0.327. The molecule has 1 aliphatic carbocycles. The molecule has 0 radical (unpaired) electrons. The standard InChI is InChI=1S/C27H24BrCl2NO2/c1-15-10-18(29)13-21-19-7-5-8-20(19)26(31-25(15)21)17-11-22(28)27(24(12-17)32-2)33-14-16-6-3-4-9-23(16)30/h3-7,9-13,19-20,26,31H,8,14H2,1-2H3/t19-,20+,26+/m1/s1. The molecule has 6 heteroatoms. The van der Waals surface area contributed by atoms with Crippen LogP contribution in [0.2, 0.25) is 10.0 Å². The summed E-state index contributed by atoms with van der Waals surface area (Å²) in [5.74, 6) is 2.10. The highest BCUT2D eigenvalue weighted by Gasteiger charge is 2.39. The summed E-state index contributed by atoms with van der Waals surface area (Å²) in [5.41, 5.74) is 5.69. The molecule has 3 aromatic carbocycles. The van der Waals surface area contributed by atoms with Crippen molar-refractivity contribution in [2.45, 2.75) is 31.9 Å². The predicted molar refractivity (Wildman–Crippen MR) is 139 cm³/mol. The number of halogens is 3. The molecule has 33 heavy (non-hydrogen) atoms. The summed E-state index contributed by atoms with van der Waals surface area (Å²) in [6.45, 7) is 2.47. The third-order valence-electron chi connectivity index (χ3n) is 6.57. The third kappa shape index (κ3) is 4.25. The Labute approximate surface area is 212 Å². The van der Waals surface area contributed by atoms with Crippen LogP contribution in [-0.4, -0.2) is 7.11 Å². The second-order valence-electron chi connectivity index (χ2n) is 8.58. The molecule has 1 heterocycles. The van der Waals surface area contributed by atoms with Gasteiger partial charge in [0.05, 0.1) is 17.6 Å². The van der Waals surface area contributed by atoms with Gasteiger partial charge >= 0.3 is 0 Å². The van der Waals surface area contributed by atoms with Crippen LogP contribution in [0.5, 0.6) is 11.5 Å². The van der Waals surface area contributed by atoms with Crippen LogP contribution in [0.4, 0.5) is 5.69 Å². The summed E-state index contributed by atoms with van der Waals surface area (Å²) in [5, 5.41) is 5.28. The van der Waals surface area contributed by atoms with E-state index < -0.39 is 0 Å². The minimum Gasteiger partial charge on any atom is -0.493 e. The van der Waals surface area contributed by atoms with Gasteiger partial charge in [-0.15, -0.1) is 0 Å². The molecule has 0 fully saturated rings. The highest BCUT2D eigenvalue weighted by molar-refractivity contribution is 9.10. The summed E-state index contributed by atoms with van der Waals surface area (Å²) in [7, 11) is 1.67. The Bertz CT molecular complexity index is 1240. The van der Waals surface area contributed by atoms with Crippen LogP contribution in [-0.2, 0) is 6.61 Å². The number of allylic oxidation sites excluding steroid dienone is 2. The van der Waals surface area contributed by atoms with Gasteiger partial charge in [0.2, 0.25) is 0 Å². The van der Waals surface area contributed by atoms with E-state index in [1.54, 1.807) is 7.11 Å². The number of anilines is 1. The monoisotopic (exact) mass is 543 g/mol. The lowest BCUT2D eigenvalue weighted by molar-refractivity contribution is 0.282. The average Bonchev–Trinajstić information content (AvgIpc) is 3.29. The lowest BCUT2D eigenvalue weighted by Gasteiger charge is -2.38. The maximum absolute atomic E-state index is 6.39. The van der Waals surface area contributed by atoms with E-state index in [2.05, 4.69) is 58.5 Å². The van der Waals surface area contributed by atoms with Crippen LogP contribution in [0.25, 0.3) is 0 Å². The molecule has 0 saturated carbocycles. The van der Waals surface area contributed by atoms with Crippen molar-refractivity contribution in [3.05, 3.63) is 97.5 Å². The van der Waals surface area contributed by atoms with Gasteiger partial charge in [-0.2, -0.15) is 0 Å². The minimum absolute atomic E-state index is 0.139. The van der Waals surface area contributed by atoms with Crippen molar-refractivity contribution in [2.24, 2.45) is 5.92 Å². The van der Waals surface area contributed by atoms with E-state index in [-0.39, 0.29) is 6.04 Å². The predicted octanol–water partition coefficient (Wildman–Crippen LogP) is 8.48. The van der Waals surface area contributed by atoms with Crippen molar-refractivity contribution in [2.75, 3.05) is 12.4 Å². The molecule has 3 nitrogen and oxygen atoms in total. The van der Waals surface area contributed by atoms with E-state index in [1.807, 2.05) is 30.3 Å². The molecule has 2 aliphatic rings. The zero-order chi connectivity index (χ0) is 23.1. The third-order valence-corrected chi connectivity index (χ3v) is 7.75. The molecular formula is C27H24BrCl2NO2. The maximum Gasteiger partial charge on any atom is 0.175 e. The molecule has 0 saturated heterocycles. The van der Waals surface area contributed by atoms with Gasteiger partial charge in [0, 0.05) is 27.2 Å². The first-order valence-corrected chi connectivity index (χ1v) is 12.5. The Morgan fingerprint density at radius 3 is 2.73 bits per heavy atom. The molecule has 3 aromatic rings. The molecule has 0 spiro atoms. The van der Waals surface area contributed by atoms with Crippen molar-refractivity contribution in [3.63, 3.8) is 0 Å².